The number of likely N-dealkylation sites (tertiary alicyclic amines) is 1. The van der Waals surface area contributed by atoms with Crippen LogP contribution >= 0.6 is 0 Å². The fourth-order valence-electron chi connectivity index (χ4n) is 5.10. The Balaban J connectivity index is 1.74. The van der Waals surface area contributed by atoms with E-state index in [-0.39, 0.29) is 30.6 Å². The predicted octanol–water partition coefficient (Wildman–Crippen LogP) is 3.75. The Labute approximate surface area is 192 Å². The summed E-state index contributed by atoms with van der Waals surface area (Å²) in [5.41, 5.74) is 0.246. The van der Waals surface area contributed by atoms with Crippen molar-refractivity contribution in [3.8, 4) is 11.5 Å². The second kappa shape index (κ2) is 10.1. The molecule has 1 saturated carbocycles. The number of amides is 1. The molecule has 3 atom stereocenters. The fourth-order valence-corrected chi connectivity index (χ4v) is 5.10. The van der Waals surface area contributed by atoms with E-state index in [4.69, 9.17) is 9.47 Å². The summed E-state index contributed by atoms with van der Waals surface area (Å²) in [6.07, 6.45) is -3.65. The number of ether oxygens (including phenoxy) is 2. The van der Waals surface area contributed by atoms with Crippen LogP contribution in [0.15, 0.2) is 18.2 Å². The molecule has 0 spiro atoms. The van der Waals surface area contributed by atoms with Gasteiger partial charge in [-0.15, -0.1) is 0 Å². The quantitative estimate of drug-likeness (QED) is 0.631. The van der Waals surface area contributed by atoms with Crippen molar-refractivity contribution in [1.82, 2.24) is 4.90 Å². The van der Waals surface area contributed by atoms with Gasteiger partial charge in [0, 0.05) is 24.4 Å². The van der Waals surface area contributed by atoms with Crippen molar-refractivity contribution in [3.05, 3.63) is 23.8 Å². The van der Waals surface area contributed by atoms with Gasteiger partial charge in [-0.2, -0.15) is 13.2 Å². The first kappa shape index (κ1) is 25.6. The molecular formula is C24H34F3NO5. The van der Waals surface area contributed by atoms with Gasteiger partial charge in [-0.3, -0.25) is 4.79 Å². The molecule has 0 bridgehead atoms. The molecule has 1 unspecified atom stereocenters. The molecule has 9 heteroatoms. The molecule has 1 amide bonds. The normalized spacial score (nSPS) is 29.1. The zero-order valence-corrected chi connectivity index (χ0v) is 19.4. The number of alkyl halides is 3. The van der Waals surface area contributed by atoms with Gasteiger partial charge < -0.3 is 24.6 Å². The van der Waals surface area contributed by atoms with Gasteiger partial charge in [0.2, 0.25) is 5.91 Å². The van der Waals surface area contributed by atoms with Gasteiger partial charge in [-0.25, -0.2) is 0 Å². The van der Waals surface area contributed by atoms with Gasteiger partial charge >= 0.3 is 6.18 Å². The molecule has 6 nitrogen and oxygen atoms in total. The molecule has 1 aromatic carbocycles. The van der Waals surface area contributed by atoms with Crippen molar-refractivity contribution in [2.45, 2.75) is 57.7 Å². The maximum absolute atomic E-state index is 12.9. The monoisotopic (exact) mass is 473 g/mol. The molecule has 0 aromatic heterocycles. The van der Waals surface area contributed by atoms with Crippen LogP contribution in [-0.4, -0.2) is 66.7 Å². The van der Waals surface area contributed by atoms with Crippen LogP contribution in [0.5, 0.6) is 11.5 Å². The molecule has 3 rings (SSSR count). The Morgan fingerprint density at radius 3 is 2.45 bits per heavy atom. The Bertz CT molecular complexity index is 823. The van der Waals surface area contributed by atoms with E-state index in [1.165, 1.54) is 7.11 Å². The van der Waals surface area contributed by atoms with Crippen molar-refractivity contribution < 1.29 is 37.7 Å². The van der Waals surface area contributed by atoms with Crippen LogP contribution in [0.25, 0.3) is 0 Å². The highest BCUT2D eigenvalue weighted by atomic mass is 19.4. The lowest BCUT2D eigenvalue weighted by atomic mass is 9.72. The number of methoxy groups -OCH3 is 1. The van der Waals surface area contributed by atoms with Gasteiger partial charge in [-0.1, -0.05) is 13.0 Å². The van der Waals surface area contributed by atoms with E-state index >= 15 is 0 Å². The third-order valence-electron chi connectivity index (χ3n) is 7.55. The Morgan fingerprint density at radius 2 is 1.91 bits per heavy atom. The molecule has 186 valence electrons. The van der Waals surface area contributed by atoms with E-state index in [1.54, 1.807) is 17.9 Å². The molecule has 1 aromatic rings. The van der Waals surface area contributed by atoms with Gasteiger partial charge in [-0.05, 0) is 56.2 Å². The van der Waals surface area contributed by atoms with E-state index in [0.29, 0.717) is 44.0 Å². The van der Waals surface area contributed by atoms with Crippen LogP contribution in [-0.2, 0) is 4.79 Å². The standard InChI is InChI=1S/C24H34F3NO5/c1-15(30)23(2)14-28(22(31)12-29)11-19(23)17-6-9-20(32-3)21(10-17)33-13-16-4-7-18(8-5-16)24(25,26)27/h6,9-10,15-16,18-19,29-30H,4-5,7-8,11-14H2,1-3H3/t15-,16?,18?,19?,23+/m1/s1. The van der Waals surface area contributed by atoms with E-state index in [9.17, 15) is 28.2 Å². The molecule has 1 aliphatic carbocycles. The van der Waals surface area contributed by atoms with Crippen LogP contribution in [0.1, 0.15) is 51.0 Å². The lowest BCUT2D eigenvalue weighted by Gasteiger charge is -2.34. The van der Waals surface area contributed by atoms with Crippen LogP contribution in [0.2, 0.25) is 0 Å². The topological polar surface area (TPSA) is 79.2 Å². The third kappa shape index (κ3) is 5.57. The SMILES string of the molecule is COc1ccc(C2CN(C(=O)CO)C[C@@]2(C)[C@@H](C)O)cc1OCC1CCC(C(F)(F)F)CC1. The minimum atomic E-state index is -4.13. The first-order valence-corrected chi connectivity index (χ1v) is 11.4. The Kier molecular flexibility index (Phi) is 7.84. The Morgan fingerprint density at radius 1 is 1.24 bits per heavy atom. The van der Waals surface area contributed by atoms with E-state index in [0.717, 1.165) is 5.56 Å². The second-order valence-electron chi connectivity index (χ2n) is 9.65. The highest BCUT2D eigenvalue weighted by Crippen LogP contribution is 2.47. The summed E-state index contributed by atoms with van der Waals surface area (Å²) in [4.78, 5) is 13.7. The molecule has 0 radical (unpaired) electrons. The first-order chi connectivity index (χ1) is 15.5. The molecule has 1 saturated heterocycles. The van der Waals surface area contributed by atoms with Gasteiger partial charge in [0.25, 0.3) is 0 Å². The average molecular weight is 474 g/mol. The predicted molar refractivity (Wildman–Crippen MR) is 116 cm³/mol. The summed E-state index contributed by atoms with van der Waals surface area (Å²) in [6, 6.07) is 5.47. The molecule has 2 fully saturated rings. The van der Waals surface area contributed by atoms with E-state index < -0.39 is 30.2 Å². The number of nitrogens with zero attached hydrogens (tertiary/aromatic N) is 1. The number of hydrogen-bond donors (Lipinski definition) is 2. The summed E-state index contributed by atoms with van der Waals surface area (Å²) >= 11 is 0. The molecule has 1 aliphatic heterocycles. The zero-order chi connectivity index (χ0) is 24.4. The number of aliphatic hydroxyl groups is 2. The summed E-state index contributed by atoms with van der Waals surface area (Å²) in [5.74, 6) is -0.747. The van der Waals surface area contributed by atoms with Crippen molar-refractivity contribution in [2.75, 3.05) is 33.4 Å². The maximum atomic E-state index is 12.9. The number of benzene rings is 1. The number of carbonyl (C=O) groups is 1. The highest BCUT2D eigenvalue weighted by Gasteiger charge is 2.48. The minimum Gasteiger partial charge on any atom is -0.493 e. The summed E-state index contributed by atoms with van der Waals surface area (Å²) in [5, 5.41) is 19.8. The zero-order valence-electron chi connectivity index (χ0n) is 19.4. The molecule has 33 heavy (non-hydrogen) atoms. The van der Waals surface area contributed by atoms with Crippen molar-refractivity contribution in [3.63, 3.8) is 0 Å². The van der Waals surface area contributed by atoms with Gasteiger partial charge in [0.1, 0.15) is 6.61 Å². The largest absolute Gasteiger partial charge is 0.493 e. The third-order valence-corrected chi connectivity index (χ3v) is 7.55. The van der Waals surface area contributed by atoms with Crippen molar-refractivity contribution in [1.29, 1.82) is 0 Å². The minimum absolute atomic E-state index is 0.0452. The lowest BCUT2D eigenvalue weighted by Crippen LogP contribution is -2.38. The average Bonchev–Trinajstić information content (AvgIpc) is 3.15. The lowest BCUT2D eigenvalue weighted by molar-refractivity contribution is -0.184. The molecular weight excluding hydrogens is 439 g/mol. The second-order valence-corrected chi connectivity index (χ2v) is 9.65. The van der Waals surface area contributed by atoms with Crippen LogP contribution in [0, 0.1) is 17.3 Å². The fraction of sp³-hybridized carbons (Fsp3) is 0.708. The van der Waals surface area contributed by atoms with Crippen LogP contribution in [0.4, 0.5) is 13.2 Å². The van der Waals surface area contributed by atoms with Crippen LogP contribution in [0.3, 0.4) is 0 Å². The van der Waals surface area contributed by atoms with Crippen LogP contribution < -0.4 is 9.47 Å². The van der Waals surface area contributed by atoms with Gasteiger partial charge in [0.15, 0.2) is 11.5 Å². The summed E-state index contributed by atoms with van der Waals surface area (Å²) in [7, 11) is 1.52. The number of aliphatic hydroxyl groups excluding tert-OH is 2. The number of hydrogen-bond acceptors (Lipinski definition) is 5. The highest BCUT2D eigenvalue weighted by molar-refractivity contribution is 5.77. The smallest absolute Gasteiger partial charge is 0.391 e. The van der Waals surface area contributed by atoms with Crippen molar-refractivity contribution >= 4 is 5.91 Å². The van der Waals surface area contributed by atoms with E-state index in [2.05, 4.69) is 0 Å². The first-order valence-electron chi connectivity index (χ1n) is 11.4. The molecule has 2 aliphatic rings. The summed E-state index contributed by atoms with van der Waals surface area (Å²) < 4.78 is 50.2. The number of halogens is 3. The molecule has 2 N–H and O–H groups in total. The maximum Gasteiger partial charge on any atom is 0.391 e. The van der Waals surface area contributed by atoms with Crippen molar-refractivity contribution in [2.24, 2.45) is 17.3 Å². The van der Waals surface area contributed by atoms with Gasteiger partial charge in [0.05, 0.1) is 25.7 Å². The van der Waals surface area contributed by atoms with E-state index in [1.807, 2.05) is 19.1 Å². The number of rotatable bonds is 7. The molecule has 1 heterocycles. The Hall–Kier alpha value is -2.00. The summed E-state index contributed by atoms with van der Waals surface area (Å²) in [6.45, 7) is 4.00. The number of carbonyl (C=O) groups excluding carboxylic acids is 1.